The maximum absolute atomic E-state index is 13.4. The molecule has 10 heteroatoms. The fourth-order valence-corrected chi connectivity index (χ4v) is 4.98. The van der Waals surface area contributed by atoms with Crippen LogP contribution in [0, 0.1) is 0 Å². The second-order valence-corrected chi connectivity index (χ2v) is 9.85. The summed E-state index contributed by atoms with van der Waals surface area (Å²) in [6.45, 7) is 4.12. The molecule has 8 nitrogen and oxygen atoms in total. The van der Waals surface area contributed by atoms with E-state index in [9.17, 15) is 4.79 Å². The average molecular weight is 532 g/mol. The molecule has 2 aromatic carbocycles. The number of allylic oxidation sites excluding steroid dienone is 4. The third kappa shape index (κ3) is 4.48. The fraction of sp³-hybridized carbons (Fsp3) is 0.185. The van der Waals surface area contributed by atoms with Crippen molar-refractivity contribution in [1.82, 2.24) is 24.6 Å². The first kappa shape index (κ1) is 23.7. The summed E-state index contributed by atoms with van der Waals surface area (Å²) in [5, 5.41) is 8.84. The topological polar surface area (TPSA) is 79.2 Å². The molecule has 0 saturated carbocycles. The Balaban J connectivity index is 1.36. The molecule has 0 radical (unpaired) electrons. The van der Waals surface area contributed by atoms with Gasteiger partial charge in [-0.05, 0) is 43.4 Å². The summed E-state index contributed by atoms with van der Waals surface area (Å²) < 4.78 is 1.23. The number of benzene rings is 2. The summed E-state index contributed by atoms with van der Waals surface area (Å²) in [5.41, 5.74) is 3.81. The Bertz CT molecular complexity index is 1600. The van der Waals surface area contributed by atoms with Gasteiger partial charge in [-0.15, -0.1) is 0 Å². The average Bonchev–Trinajstić information content (AvgIpc) is 2.86. The molecule has 1 fully saturated rings. The lowest BCUT2D eigenvalue weighted by Gasteiger charge is -2.34. The zero-order chi connectivity index (χ0) is 25.5. The summed E-state index contributed by atoms with van der Waals surface area (Å²) in [4.78, 5) is 27.2. The van der Waals surface area contributed by atoms with Crippen LogP contribution in [0.2, 0.25) is 10.0 Å². The number of aromatic nitrogens is 4. The van der Waals surface area contributed by atoms with E-state index >= 15 is 0 Å². The number of piperazine rings is 1. The second kappa shape index (κ2) is 9.63. The molecular formula is C27H23Cl2N7O. The van der Waals surface area contributed by atoms with Crippen LogP contribution in [0.4, 0.5) is 17.3 Å². The fourth-order valence-electron chi connectivity index (χ4n) is 4.42. The lowest BCUT2D eigenvalue weighted by atomic mass is 10.0. The molecule has 2 aliphatic rings. The van der Waals surface area contributed by atoms with Gasteiger partial charge >= 0.3 is 0 Å². The second-order valence-electron chi connectivity index (χ2n) is 9.04. The van der Waals surface area contributed by atoms with Gasteiger partial charge in [0.1, 0.15) is 16.9 Å². The molecule has 0 amide bonds. The Labute approximate surface area is 223 Å². The number of nitrogens with one attached hydrogen (secondary N) is 1. The number of fused-ring (bicyclic) bond motifs is 1. The van der Waals surface area contributed by atoms with Crippen LogP contribution in [0.15, 0.2) is 71.7 Å². The van der Waals surface area contributed by atoms with E-state index in [0.29, 0.717) is 38.3 Å². The van der Waals surface area contributed by atoms with Crippen molar-refractivity contribution in [3.05, 3.63) is 93.0 Å². The van der Waals surface area contributed by atoms with E-state index in [4.69, 9.17) is 23.2 Å². The van der Waals surface area contributed by atoms with Gasteiger partial charge in [0.15, 0.2) is 0 Å². The molecule has 0 unspecified atom stereocenters. The van der Waals surface area contributed by atoms with E-state index in [1.807, 2.05) is 30.4 Å². The largest absolute Gasteiger partial charge is 0.369 e. The minimum absolute atomic E-state index is 0.318. The zero-order valence-corrected chi connectivity index (χ0v) is 21.5. The summed E-state index contributed by atoms with van der Waals surface area (Å²) in [6.07, 6.45) is 7.25. The van der Waals surface area contributed by atoms with Crippen molar-refractivity contribution in [2.45, 2.75) is 0 Å². The molecule has 0 bridgehead atoms. The minimum Gasteiger partial charge on any atom is -0.369 e. The highest BCUT2D eigenvalue weighted by molar-refractivity contribution is 6.37. The highest BCUT2D eigenvalue weighted by Crippen LogP contribution is 2.30. The first-order chi connectivity index (χ1) is 18.0. The molecule has 6 rings (SSSR count). The molecule has 3 heterocycles. The van der Waals surface area contributed by atoms with Crippen LogP contribution in [-0.4, -0.2) is 57.9 Å². The van der Waals surface area contributed by atoms with E-state index < -0.39 is 5.56 Å². The van der Waals surface area contributed by atoms with Gasteiger partial charge in [0.2, 0.25) is 5.95 Å². The van der Waals surface area contributed by atoms with E-state index in [0.717, 1.165) is 37.4 Å². The first-order valence-corrected chi connectivity index (χ1v) is 12.7. The van der Waals surface area contributed by atoms with Crippen molar-refractivity contribution in [3.8, 4) is 5.69 Å². The summed E-state index contributed by atoms with van der Waals surface area (Å²) in [7, 11) is 2.15. The predicted octanol–water partition coefficient (Wildman–Crippen LogP) is 4.93. The number of likely N-dealkylation sites (N-methyl/N-ethyl adjacent to an activating group) is 1. The van der Waals surface area contributed by atoms with Crippen molar-refractivity contribution >= 4 is 57.0 Å². The lowest BCUT2D eigenvalue weighted by molar-refractivity contribution is 0.313. The highest BCUT2D eigenvalue weighted by Gasteiger charge is 2.21. The van der Waals surface area contributed by atoms with Crippen LogP contribution in [0.1, 0.15) is 5.69 Å². The number of nitrogens with zero attached hydrogens (tertiary/aromatic N) is 6. The van der Waals surface area contributed by atoms with Crippen molar-refractivity contribution in [2.24, 2.45) is 0 Å². The van der Waals surface area contributed by atoms with Gasteiger partial charge in [0, 0.05) is 49.3 Å². The Hall–Kier alpha value is -3.72. The number of hydrogen-bond donors (Lipinski definition) is 1. The molecule has 0 spiro atoms. The lowest BCUT2D eigenvalue weighted by Crippen LogP contribution is -2.44. The summed E-state index contributed by atoms with van der Waals surface area (Å²) >= 11 is 12.8. The standard InChI is InChI=1S/C27H23Cl2N7O/c1-34-12-14-35(15-13-34)19-10-8-18(9-11-19)31-27-30-16-20-24(32-27)23(17-4-2-5-17)33-36(26(20)37)25-21(28)6-3-7-22(25)29/h2-11,16H,12-15H2,1H3,(H,30,31,32). The van der Waals surface area contributed by atoms with Crippen molar-refractivity contribution in [3.63, 3.8) is 0 Å². The van der Waals surface area contributed by atoms with Crippen LogP contribution in [0.5, 0.6) is 0 Å². The third-order valence-corrected chi connectivity index (χ3v) is 7.21. The zero-order valence-electron chi connectivity index (χ0n) is 20.0. The van der Waals surface area contributed by atoms with Crippen molar-refractivity contribution in [2.75, 3.05) is 43.4 Å². The molecule has 1 saturated heterocycles. The van der Waals surface area contributed by atoms with Gasteiger partial charge in [0.25, 0.3) is 5.56 Å². The monoisotopic (exact) mass is 531 g/mol. The quantitative estimate of drug-likeness (QED) is 0.391. The highest BCUT2D eigenvalue weighted by atomic mass is 35.5. The maximum Gasteiger partial charge on any atom is 0.282 e. The van der Waals surface area contributed by atoms with Crippen molar-refractivity contribution in [1.29, 1.82) is 0 Å². The Kier molecular flexibility index (Phi) is 6.16. The van der Waals surface area contributed by atoms with Gasteiger partial charge in [-0.2, -0.15) is 9.78 Å². The van der Waals surface area contributed by atoms with Crippen LogP contribution >= 0.6 is 23.2 Å². The summed E-state index contributed by atoms with van der Waals surface area (Å²) in [5.74, 6) is 0.375. The van der Waals surface area contributed by atoms with Crippen LogP contribution in [0.25, 0.3) is 22.2 Å². The molecule has 1 aliphatic carbocycles. The van der Waals surface area contributed by atoms with Gasteiger partial charge < -0.3 is 15.1 Å². The van der Waals surface area contributed by atoms with Gasteiger partial charge in [-0.3, -0.25) is 4.79 Å². The number of halogens is 2. The van der Waals surface area contributed by atoms with Gasteiger partial charge in [-0.1, -0.05) is 47.5 Å². The SMILES string of the molecule is CN1CCN(c2ccc(Nc3ncc4c(=O)n(-c5c(Cl)cccc5Cl)nc(C5=CC=C5)c4n3)cc2)CC1. The van der Waals surface area contributed by atoms with Gasteiger partial charge in [-0.25, -0.2) is 9.97 Å². The molecule has 0 atom stereocenters. The normalized spacial score (nSPS) is 15.5. The predicted molar refractivity (Wildman–Crippen MR) is 150 cm³/mol. The van der Waals surface area contributed by atoms with E-state index in [1.54, 1.807) is 18.2 Å². The molecule has 1 N–H and O–H groups in total. The van der Waals surface area contributed by atoms with Crippen LogP contribution in [-0.2, 0) is 0 Å². The molecular weight excluding hydrogens is 509 g/mol. The molecule has 1 aliphatic heterocycles. The van der Waals surface area contributed by atoms with Crippen molar-refractivity contribution < 1.29 is 0 Å². The number of hydrogen-bond acceptors (Lipinski definition) is 7. The van der Waals surface area contributed by atoms with E-state index in [1.165, 1.54) is 16.6 Å². The Morgan fingerprint density at radius 2 is 1.68 bits per heavy atom. The van der Waals surface area contributed by atoms with E-state index in [-0.39, 0.29) is 0 Å². The third-order valence-electron chi connectivity index (χ3n) is 6.60. The minimum atomic E-state index is -0.402. The van der Waals surface area contributed by atoms with E-state index in [2.05, 4.69) is 49.4 Å². The first-order valence-electron chi connectivity index (χ1n) is 11.9. The molecule has 37 heavy (non-hydrogen) atoms. The maximum atomic E-state index is 13.4. The number of anilines is 3. The Morgan fingerprint density at radius 1 is 0.973 bits per heavy atom. The van der Waals surface area contributed by atoms with Crippen LogP contribution in [0.3, 0.4) is 0 Å². The Morgan fingerprint density at radius 3 is 2.32 bits per heavy atom. The van der Waals surface area contributed by atoms with Crippen LogP contribution < -0.4 is 15.8 Å². The summed E-state index contributed by atoms with van der Waals surface area (Å²) in [6, 6.07) is 13.3. The number of rotatable bonds is 5. The smallest absolute Gasteiger partial charge is 0.282 e. The van der Waals surface area contributed by atoms with Gasteiger partial charge in [0.05, 0.1) is 15.4 Å². The molecule has 2 aromatic heterocycles. The molecule has 186 valence electrons. The molecule has 4 aromatic rings. The number of para-hydroxylation sites is 1.